The Hall–Kier alpha value is -2.59. The molecule has 0 aromatic heterocycles. The summed E-state index contributed by atoms with van der Waals surface area (Å²) in [5, 5.41) is 10.7. The smallest absolute Gasteiger partial charge is 0.309 e. The highest BCUT2D eigenvalue weighted by atomic mass is 32.2. The second-order valence-corrected chi connectivity index (χ2v) is 8.54. The minimum absolute atomic E-state index is 0.0532. The van der Waals surface area contributed by atoms with Crippen LogP contribution in [0.4, 0.5) is 13.2 Å². The van der Waals surface area contributed by atoms with Gasteiger partial charge in [-0.25, -0.2) is 13.4 Å². The van der Waals surface area contributed by atoms with Crippen molar-refractivity contribution in [3.8, 4) is 11.1 Å². The minimum atomic E-state index is -4.84. The summed E-state index contributed by atoms with van der Waals surface area (Å²) in [6, 6.07) is 7.56. The minimum Gasteiger partial charge on any atom is -0.309 e. The van der Waals surface area contributed by atoms with Crippen LogP contribution in [0.3, 0.4) is 0 Å². The van der Waals surface area contributed by atoms with Gasteiger partial charge in [-0.3, -0.25) is 0 Å². The third-order valence-electron chi connectivity index (χ3n) is 4.65. The molecule has 146 valence electrons. The Kier molecular flexibility index (Phi) is 4.35. The average molecular weight is 408 g/mol. The van der Waals surface area contributed by atoms with Crippen LogP contribution in [-0.4, -0.2) is 27.2 Å². The molecule has 2 heterocycles. The fourth-order valence-corrected chi connectivity index (χ4v) is 4.63. The highest BCUT2D eigenvalue weighted by Gasteiger charge is 2.39. The van der Waals surface area contributed by atoms with E-state index in [-0.39, 0.29) is 18.1 Å². The van der Waals surface area contributed by atoms with Crippen molar-refractivity contribution in [3.63, 3.8) is 0 Å². The monoisotopic (exact) mass is 408 g/mol. The topological polar surface area (TPSA) is 83.2 Å². The number of nitrogens with one attached hydrogen (secondary N) is 1. The second-order valence-electron chi connectivity index (χ2n) is 6.59. The van der Waals surface area contributed by atoms with Crippen molar-refractivity contribution in [3.05, 3.63) is 52.6 Å². The van der Waals surface area contributed by atoms with Gasteiger partial charge in [0.15, 0.2) is 22.3 Å². The van der Waals surface area contributed by atoms with Crippen molar-refractivity contribution < 1.29 is 21.6 Å². The molecule has 0 amide bonds. The first-order chi connectivity index (χ1) is 13.2. The molecule has 4 rings (SSSR count). The van der Waals surface area contributed by atoms with E-state index in [1.165, 1.54) is 6.07 Å². The van der Waals surface area contributed by atoms with Crippen LogP contribution in [-0.2, 0) is 29.1 Å². The largest absolute Gasteiger partial charge is 0.417 e. The third kappa shape index (κ3) is 3.22. The Morgan fingerprint density at radius 1 is 1.07 bits per heavy atom. The quantitative estimate of drug-likeness (QED) is 0.843. The molecule has 28 heavy (non-hydrogen) atoms. The summed E-state index contributed by atoms with van der Waals surface area (Å²) in [5.41, 5.74) is 1.63. The maximum absolute atomic E-state index is 13.6. The number of hydrogen-bond donors (Lipinski definition) is 1. The third-order valence-corrected chi connectivity index (χ3v) is 5.82. The van der Waals surface area contributed by atoms with Gasteiger partial charge in [-0.05, 0) is 34.4 Å². The summed E-state index contributed by atoms with van der Waals surface area (Å²) in [7, 11) is -4.24. The van der Waals surface area contributed by atoms with Crippen molar-refractivity contribution in [2.75, 3.05) is 12.9 Å². The summed E-state index contributed by atoms with van der Waals surface area (Å²) < 4.78 is 65.6. The van der Waals surface area contributed by atoms with Gasteiger partial charge in [0.25, 0.3) is 0 Å². The SMILES string of the molecule is CS(=O)(=O)c1c(C(F)(F)F)ccc(-c2ccc3c(c2)CNC3)c1C1=NCN=N1. The lowest BCUT2D eigenvalue weighted by molar-refractivity contribution is -0.139. The summed E-state index contributed by atoms with van der Waals surface area (Å²) in [5.74, 6) is -0.111. The zero-order valence-corrected chi connectivity index (χ0v) is 15.5. The van der Waals surface area contributed by atoms with Gasteiger partial charge in [0.05, 0.1) is 10.5 Å². The molecule has 0 spiro atoms. The molecule has 2 aromatic carbocycles. The van der Waals surface area contributed by atoms with Gasteiger partial charge in [-0.15, -0.1) is 5.11 Å². The van der Waals surface area contributed by atoms with Crippen LogP contribution in [0.15, 0.2) is 50.4 Å². The fraction of sp³-hybridized carbons (Fsp3) is 0.278. The summed E-state index contributed by atoms with van der Waals surface area (Å²) in [6.45, 7) is 1.30. The van der Waals surface area contributed by atoms with E-state index in [4.69, 9.17) is 0 Å². The van der Waals surface area contributed by atoms with E-state index in [0.29, 0.717) is 24.2 Å². The van der Waals surface area contributed by atoms with Gasteiger partial charge in [0.2, 0.25) is 0 Å². The van der Waals surface area contributed by atoms with Gasteiger partial charge in [-0.2, -0.15) is 18.3 Å². The Bertz CT molecular complexity index is 1140. The first kappa shape index (κ1) is 18.8. The van der Waals surface area contributed by atoms with Crippen molar-refractivity contribution in [1.82, 2.24) is 5.32 Å². The molecule has 0 saturated heterocycles. The molecular weight excluding hydrogens is 393 g/mol. The van der Waals surface area contributed by atoms with Gasteiger partial charge in [0.1, 0.15) is 0 Å². The first-order valence-electron chi connectivity index (χ1n) is 8.36. The number of fused-ring (bicyclic) bond motifs is 1. The van der Waals surface area contributed by atoms with E-state index in [0.717, 1.165) is 23.4 Å². The molecule has 0 radical (unpaired) electrons. The van der Waals surface area contributed by atoms with Gasteiger partial charge < -0.3 is 5.32 Å². The molecule has 0 unspecified atom stereocenters. The van der Waals surface area contributed by atoms with E-state index in [9.17, 15) is 21.6 Å². The number of azo groups is 1. The molecule has 1 N–H and O–H groups in total. The average Bonchev–Trinajstić information content (AvgIpc) is 3.29. The molecule has 0 fully saturated rings. The predicted molar refractivity (Wildman–Crippen MR) is 96.8 cm³/mol. The predicted octanol–water partition coefficient (Wildman–Crippen LogP) is 3.55. The maximum atomic E-state index is 13.6. The highest BCUT2D eigenvalue weighted by molar-refractivity contribution is 7.90. The highest BCUT2D eigenvalue weighted by Crippen LogP contribution is 2.41. The van der Waals surface area contributed by atoms with Crippen molar-refractivity contribution in [2.45, 2.75) is 24.2 Å². The molecule has 0 bridgehead atoms. The van der Waals surface area contributed by atoms with Crippen molar-refractivity contribution >= 4 is 15.7 Å². The van der Waals surface area contributed by atoms with Crippen molar-refractivity contribution in [1.29, 1.82) is 0 Å². The van der Waals surface area contributed by atoms with Crippen LogP contribution < -0.4 is 5.32 Å². The number of nitrogens with zero attached hydrogens (tertiary/aromatic N) is 3. The zero-order valence-electron chi connectivity index (χ0n) is 14.7. The molecule has 0 atom stereocenters. The normalized spacial score (nSPS) is 16.4. The standard InChI is InChI=1S/C18H15F3N4O2S/c1-28(26,27)16-14(18(19,20)21)5-4-13(15(16)17-23-9-24-25-17)10-2-3-11-7-22-8-12(11)6-10/h2-6,22H,7-9H2,1H3. The Morgan fingerprint density at radius 2 is 1.82 bits per heavy atom. The van der Waals surface area contributed by atoms with Crippen LogP contribution in [0.1, 0.15) is 22.3 Å². The number of aliphatic imine (C=N–C) groups is 1. The number of benzene rings is 2. The molecule has 0 aliphatic carbocycles. The lowest BCUT2D eigenvalue weighted by Crippen LogP contribution is -2.17. The molecule has 0 saturated carbocycles. The Labute approximate surface area is 159 Å². The maximum Gasteiger partial charge on any atom is 0.417 e. The molecule has 2 aliphatic heterocycles. The van der Waals surface area contributed by atoms with Gasteiger partial charge in [-0.1, -0.05) is 18.2 Å². The fourth-order valence-electron chi connectivity index (χ4n) is 3.47. The molecular formula is C18H15F3N4O2S. The van der Waals surface area contributed by atoms with E-state index in [1.807, 2.05) is 12.1 Å². The zero-order chi connectivity index (χ0) is 20.1. The number of amidine groups is 1. The molecule has 2 aromatic rings. The Balaban J connectivity index is 2.06. The molecule has 10 heteroatoms. The van der Waals surface area contributed by atoms with Crippen LogP contribution in [0, 0.1) is 0 Å². The summed E-state index contributed by atoms with van der Waals surface area (Å²) >= 11 is 0. The lowest BCUT2D eigenvalue weighted by Gasteiger charge is -2.18. The summed E-state index contributed by atoms with van der Waals surface area (Å²) in [6.07, 6.45) is -4.09. The van der Waals surface area contributed by atoms with Crippen LogP contribution in [0.5, 0.6) is 0 Å². The first-order valence-corrected chi connectivity index (χ1v) is 10.2. The van der Waals surface area contributed by atoms with Crippen LogP contribution in [0.25, 0.3) is 11.1 Å². The van der Waals surface area contributed by atoms with Gasteiger partial charge in [0, 0.05) is 24.9 Å². The van der Waals surface area contributed by atoms with E-state index >= 15 is 0 Å². The Morgan fingerprint density at radius 3 is 2.46 bits per heavy atom. The number of rotatable bonds is 3. The second kappa shape index (κ2) is 6.49. The number of alkyl halides is 3. The van der Waals surface area contributed by atoms with Crippen LogP contribution >= 0.6 is 0 Å². The van der Waals surface area contributed by atoms with E-state index < -0.39 is 26.5 Å². The molecule has 2 aliphatic rings. The number of sulfone groups is 1. The van der Waals surface area contributed by atoms with E-state index in [1.54, 1.807) is 6.07 Å². The summed E-state index contributed by atoms with van der Waals surface area (Å²) in [4.78, 5) is 3.18. The molecule has 6 nitrogen and oxygen atoms in total. The van der Waals surface area contributed by atoms with Crippen molar-refractivity contribution in [2.24, 2.45) is 15.2 Å². The van der Waals surface area contributed by atoms with Gasteiger partial charge >= 0.3 is 6.18 Å². The van der Waals surface area contributed by atoms with E-state index in [2.05, 4.69) is 20.5 Å². The number of hydrogen-bond acceptors (Lipinski definition) is 6. The number of halogens is 3. The lowest BCUT2D eigenvalue weighted by atomic mass is 9.94. The van der Waals surface area contributed by atoms with Crippen LogP contribution in [0.2, 0.25) is 0 Å².